The molecular weight excluding hydrogens is 357 g/mol. The number of rotatable bonds is 10. The Morgan fingerprint density at radius 3 is 2.75 bits per heavy atom. The Morgan fingerprint density at radius 1 is 1.29 bits per heavy atom. The summed E-state index contributed by atoms with van der Waals surface area (Å²) < 4.78 is 13.2. The van der Waals surface area contributed by atoms with Crippen molar-refractivity contribution in [1.29, 1.82) is 0 Å². The molecule has 156 valence electrons. The number of guanidine groups is 1. The van der Waals surface area contributed by atoms with Gasteiger partial charge in [-0.25, -0.2) is 4.39 Å². The van der Waals surface area contributed by atoms with Gasteiger partial charge in [-0.1, -0.05) is 12.1 Å². The molecule has 0 unspecified atom stereocenters. The van der Waals surface area contributed by atoms with Crippen molar-refractivity contribution >= 4 is 11.9 Å². The minimum atomic E-state index is -0.197. The van der Waals surface area contributed by atoms with Crippen LogP contribution in [0.2, 0.25) is 0 Å². The maximum Gasteiger partial charge on any atom is 0.220 e. The van der Waals surface area contributed by atoms with E-state index in [2.05, 4.69) is 20.5 Å². The molecule has 0 aromatic heterocycles. The maximum atomic E-state index is 13.2. The Labute approximate surface area is 167 Å². The van der Waals surface area contributed by atoms with Gasteiger partial charge < -0.3 is 21.3 Å². The molecule has 1 heterocycles. The van der Waals surface area contributed by atoms with E-state index in [0.29, 0.717) is 6.54 Å². The number of piperidine rings is 1. The number of carbonyl (C=O) groups is 1. The number of benzene rings is 1. The summed E-state index contributed by atoms with van der Waals surface area (Å²) in [6.07, 6.45) is 4.63. The molecule has 1 aromatic rings. The molecule has 4 N–H and O–H groups in total. The first-order valence-corrected chi connectivity index (χ1v) is 10.4. The Hall–Kier alpha value is -2.15. The minimum absolute atomic E-state index is 0.0574. The van der Waals surface area contributed by atoms with Crippen molar-refractivity contribution in [1.82, 2.24) is 15.5 Å². The zero-order chi connectivity index (χ0) is 20.2. The number of amides is 1. The van der Waals surface area contributed by atoms with E-state index in [1.807, 2.05) is 13.0 Å². The van der Waals surface area contributed by atoms with Gasteiger partial charge in [-0.15, -0.1) is 0 Å². The second kappa shape index (κ2) is 12.3. The number of primary amides is 1. The van der Waals surface area contributed by atoms with E-state index in [1.165, 1.54) is 6.07 Å². The van der Waals surface area contributed by atoms with Gasteiger partial charge in [0.05, 0.1) is 0 Å². The predicted molar refractivity (Wildman–Crippen MR) is 112 cm³/mol. The molecule has 1 saturated heterocycles. The molecule has 0 radical (unpaired) electrons. The summed E-state index contributed by atoms with van der Waals surface area (Å²) in [6.45, 7) is 7.30. The number of nitrogens with two attached hydrogens (primary N) is 1. The van der Waals surface area contributed by atoms with Crippen LogP contribution in [0.5, 0.6) is 0 Å². The fraction of sp³-hybridized carbons (Fsp3) is 0.619. The van der Waals surface area contributed by atoms with Gasteiger partial charge in [0.1, 0.15) is 5.82 Å². The zero-order valence-corrected chi connectivity index (χ0v) is 16.9. The second-order valence-corrected chi connectivity index (χ2v) is 7.29. The molecule has 0 atom stereocenters. The predicted octanol–water partition coefficient (Wildman–Crippen LogP) is 1.90. The number of likely N-dealkylation sites (tertiary alicyclic amines) is 1. The van der Waals surface area contributed by atoms with Crippen LogP contribution in [-0.2, 0) is 11.2 Å². The molecule has 6 nitrogen and oxygen atoms in total. The lowest BCUT2D eigenvalue weighted by atomic mass is 9.96. The van der Waals surface area contributed by atoms with Crippen LogP contribution < -0.4 is 16.4 Å². The average molecular weight is 392 g/mol. The number of carbonyl (C=O) groups excluding carboxylic acids is 1. The summed E-state index contributed by atoms with van der Waals surface area (Å²) >= 11 is 0. The summed E-state index contributed by atoms with van der Waals surface area (Å²) in [4.78, 5) is 18.2. The first-order valence-electron chi connectivity index (χ1n) is 10.4. The van der Waals surface area contributed by atoms with Crippen LogP contribution in [0.25, 0.3) is 0 Å². The number of nitrogens with zero attached hydrogens (tertiary/aromatic N) is 2. The van der Waals surface area contributed by atoms with E-state index in [4.69, 9.17) is 5.73 Å². The van der Waals surface area contributed by atoms with Gasteiger partial charge in [0, 0.05) is 25.6 Å². The SMILES string of the molecule is CCNC(=NCCCCN1CCC(C(N)=O)CC1)NCCc1cccc(F)c1. The molecule has 0 bridgehead atoms. The molecule has 1 amide bonds. The van der Waals surface area contributed by atoms with Crippen molar-refractivity contribution in [2.75, 3.05) is 39.3 Å². The highest BCUT2D eigenvalue weighted by Crippen LogP contribution is 2.16. The molecule has 1 fully saturated rings. The summed E-state index contributed by atoms with van der Waals surface area (Å²) in [6, 6.07) is 6.70. The average Bonchev–Trinajstić information content (AvgIpc) is 2.68. The number of nitrogens with one attached hydrogen (secondary N) is 2. The van der Waals surface area contributed by atoms with E-state index in [-0.39, 0.29) is 17.6 Å². The number of hydrogen-bond donors (Lipinski definition) is 3. The van der Waals surface area contributed by atoms with E-state index in [1.54, 1.807) is 12.1 Å². The highest BCUT2D eigenvalue weighted by Gasteiger charge is 2.22. The molecule has 0 spiro atoms. The zero-order valence-electron chi connectivity index (χ0n) is 16.9. The van der Waals surface area contributed by atoms with Crippen molar-refractivity contribution in [3.8, 4) is 0 Å². The van der Waals surface area contributed by atoms with Crippen LogP contribution in [0.3, 0.4) is 0 Å². The number of aliphatic imine (C=N–C) groups is 1. The summed E-state index contributed by atoms with van der Waals surface area (Å²) in [5, 5.41) is 6.55. The standard InChI is InChI=1S/C21H34FN5O/c1-2-24-21(26-12-8-17-6-5-7-19(22)16-17)25-11-3-4-13-27-14-9-18(10-15-27)20(23)28/h5-7,16,18H,2-4,8-15H2,1H3,(H2,23,28)(H2,24,25,26). The van der Waals surface area contributed by atoms with Crippen LogP contribution in [0.4, 0.5) is 4.39 Å². The van der Waals surface area contributed by atoms with Gasteiger partial charge in [0.15, 0.2) is 5.96 Å². The van der Waals surface area contributed by atoms with E-state index >= 15 is 0 Å². The van der Waals surface area contributed by atoms with Crippen LogP contribution in [0, 0.1) is 11.7 Å². The molecule has 1 aromatic carbocycles. The number of halogens is 1. The normalized spacial score (nSPS) is 16.1. The van der Waals surface area contributed by atoms with Crippen molar-refractivity contribution in [3.05, 3.63) is 35.6 Å². The lowest BCUT2D eigenvalue weighted by molar-refractivity contribution is -0.123. The van der Waals surface area contributed by atoms with Crippen LogP contribution in [0.15, 0.2) is 29.3 Å². The highest BCUT2D eigenvalue weighted by atomic mass is 19.1. The Balaban J connectivity index is 1.62. The van der Waals surface area contributed by atoms with Crippen molar-refractivity contribution in [2.45, 2.75) is 39.0 Å². The molecule has 0 aliphatic carbocycles. The minimum Gasteiger partial charge on any atom is -0.369 e. The Bertz CT molecular complexity index is 629. The molecule has 1 aliphatic heterocycles. The quantitative estimate of drug-likeness (QED) is 0.323. The lowest BCUT2D eigenvalue weighted by Crippen LogP contribution is -2.39. The highest BCUT2D eigenvalue weighted by molar-refractivity contribution is 5.79. The molecule has 2 rings (SSSR count). The summed E-state index contributed by atoms with van der Waals surface area (Å²) in [7, 11) is 0. The Kier molecular flexibility index (Phi) is 9.76. The smallest absolute Gasteiger partial charge is 0.220 e. The third-order valence-electron chi connectivity index (χ3n) is 5.08. The summed E-state index contributed by atoms with van der Waals surface area (Å²) in [5.74, 6) is 0.509. The monoisotopic (exact) mass is 391 g/mol. The van der Waals surface area contributed by atoms with Crippen molar-refractivity contribution < 1.29 is 9.18 Å². The topological polar surface area (TPSA) is 82.8 Å². The van der Waals surface area contributed by atoms with Gasteiger partial charge >= 0.3 is 0 Å². The van der Waals surface area contributed by atoms with Gasteiger partial charge in [0.2, 0.25) is 5.91 Å². The first kappa shape index (κ1) is 22.1. The fourth-order valence-corrected chi connectivity index (χ4v) is 3.44. The Morgan fingerprint density at radius 2 is 2.07 bits per heavy atom. The number of hydrogen-bond acceptors (Lipinski definition) is 3. The second-order valence-electron chi connectivity index (χ2n) is 7.29. The maximum absolute atomic E-state index is 13.2. The number of unbranched alkanes of at least 4 members (excludes halogenated alkanes) is 1. The van der Waals surface area contributed by atoms with Gasteiger partial charge in [-0.2, -0.15) is 0 Å². The van der Waals surface area contributed by atoms with E-state index in [9.17, 15) is 9.18 Å². The van der Waals surface area contributed by atoms with Gasteiger partial charge in [-0.3, -0.25) is 9.79 Å². The summed E-state index contributed by atoms with van der Waals surface area (Å²) in [5.41, 5.74) is 6.35. The molecule has 0 saturated carbocycles. The first-order chi connectivity index (χ1) is 13.6. The molecule has 1 aliphatic rings. The van der Waals surface area contributed by atoms with Gasteiger partial charge in [-0.05, 0) is 76.4 Å². The molecule has 7 heteroatoms. The largest absolute Gasteiger partial charge is 0.369 e. The lowest BCUT2D eigenvalue weighted by Gasteiger charge is -2.30. The van der Waals surface area contributed by atoms with Crippen LogP contribution in [-0.4, -0.2) is 56.0 Å². The third-order valence-corrected chi connectivity index (χ3v) is 5.08. The molecule has 28 heavy (non-hydrogen) atoms. The van der Waals surface area contributed by atoms with Crippen molar-refractivity contribution in [3.63, 3.8) is 0 Å². The van der Waals surface area contributed by atoms with E-state index < -0.39 is 0 Å². The van der Waals surface area contributed by atoms with Crippen molar-refractivity contribution in [2.24, 2.45) is 16.6 Å². The van der Waals surface area contributed by atoms with Crippen LogP contribution >= 0.6 is 0 Å². The van der Waals surface area contributed by atoms with Crippen LogP contribution in [0.1, 0.15) is 38.2 Å². The fourth-order valence-electron chi connectivity index (χ4n) is 3.44. The third kappa shape index (κ3) is 8.25. The molecular formula is C21H34FN5O. The van der Waals surface area contributed by atoms with E-state index in [0.717, 1.165) is 76.4 Å². The van der Waals surface area contributed by atoms with Gasteiger partial charge in [0.25, 0.3) is 0 Å².